The lowest BCUT2D eigenvalue weighted by atomic mass is 9.73. The molecular formula is C51H50N4. The van der Waals surface area contributed by atoms with E-state index in [1.165, 1.54) is 78.3 Å². The van der Waals surface area contributed by atoms with Crippen LogP contribution in [0.3, 0.4) is 0 Å². The van der Waals surface area contributed by atoms with E-state index in [2.05, 4.69) is 188 Å². The van der Waals surface area contributed by atoms with Gasteiger partial charge in [-0.25, -0.2) is 0 Å². The summed E-state index contributed by atoms with van der Waals surface area (Å²) in [6, 6.07) is 25.8. The van der Waals surface area contributed by atoms with E-state index in [0.717, 1.165) is 32.4 Å². The topological polar surface area (TPSA) is 30.9 Å². The van der Waals surface area contributed by atoms with E-state index in [9.17, 15) is 0 Å². The number of nitrogens with zero attached hydrogens (tertiary/aromatic N) is 3. The van der Waals surface area contributed by atoms with Crippen LogP contribution in [0.25, 0.3) is 47.2 Å². The molecule has 0 spiro atoms. The summed E-state index contributed by atoms with van der Waals surface area (Å²) in [5.41, 5.74) is 18.2. The van der Waals surface area contributed by atoms with Gasteiger partial charge in [0.05, 0.1) is 23.5 Å². The number of fused-ring (bicyclic) bond motifs is 6. The summed E-state index contributed by atoms with van der Waals surface area (Å²) in [7, 11) is 4.41. The van der Waals surface area contributed by atoms with E-state index < -0.39 is 0 Å². The number of aliphatic imine (C=N–C) groups is 1. The lowest BCUT2D eigenvalue weighted by Crippen LogP contribution is -2.32. The lowest BCUT2D eigenvalue weighted by molar-refractivity contribution is 0.490. The molecule has 2 atom stereocenters. The van der Waals surface area contributed by atoms with Crippen LogP contribution < -0.4 is 10.2 Å². The predicted molar refractivity (Wildman–Crippen MR) is 238 cm³/mol. The normalized spacial score (nSPS) is 20.1. The van der Waals surface area contributed by atoms with Crippen molar-refractivity contribution in [2.75, 3.05) is 37.4 Å². The average Bonchev–Trinajstić information content (AvgIpc) is 3.51. The van der Waals surface area contributed by atoms with E-state index in [-0.39, 0.29) is 17.5 Å². The van der Waals surface area contributed by atoms with Gasteiger partial charge in [-0.2, -0.15) is 0 Å². The summed E-state index contributed by atoms with van der Waals surface area (Å²) in [6.07, 6.45) is 34.2. The first-order chi connectivity index (χ1) is 27.0. The smallest absolute Gasteiger partial charge is 0.0783 e. The van der Waals surface area contributed by atoms with Crippen molar-refractivity contribution in [3.63, 3.8) is 0 Å². The highest BCUT2D eigenvalue weighted by molar-refractivity contribution is 5.96. The fourth-order valence-corrected chi connectivity index (χ4v) is 9.38. The number of anilines is 2. The molecule has 0 radical (unpaired) electrons. The molecule has 4 nitrogen and oxygen atoms in total. The zero-order valence-electron chi connectivity index (χ0n) is 32.5. The Hall–Kier alpha value is -5.87. The molecule has 0 saturated heterocycles. The van der Waals surface area contributed by atoms with Crippen molar-refractivity contribution in [1.82, 2.24) is 4.90 Å². The Morgan fingerprint density at radius 2 is 1.51 bits per heavy atom. The number of likely N-dealkylation sites (N-methyl/N-ethyl adjacent to an activating group) is 2. The molecule has 4 heterocycles. The number of nitrogens with one attached hydrogen (secondary N) is 1. The molecule has 4 aromatic carbocycles. The first kappa shape index (κ1) is 34.9. The molecule has 1 aliphatic carbocycles. The number of rotatable bonds is 8. The molecule has 2 unspecified atom stereocenters. The van der Waals surface area contributed by atoms with Gasteiger partial charge in [0.15, 0.2) is 0 Å². The summed E-state index contributed by atoms with van der Waals surface area (Å²) in [4.78, 5) is 9.39. The Morgan fingerprint density at radius 3 is 2.22 bits per heavy atom. The van der Waals surface area contributed by atoms with Gasteiger partial charge < -0.3 is 15.1 Å². The molecular weight excluding hydrogens is 669 g/mol. The zero-order chi connectivity index (χ0) is 37.5. The Kier molecular flexibility index (Phi) is 9.14. The molecule has 4 heteroatoms. The van der Waals surface area contributed by atoms with Gasteiger partial charge in [0, 0.05) is 61.2 Å². The minimum atomic E-state index is -0.0109. The number of benzene rings is 4. The Balaban J connectivity index is 0.972. The standard InChI is InChI=1S/C51H50N4/c1-5-51(6-2)45-32-36(16-15-35-17-22-38(23-18-35)47-13-7-9-29-52-47)20-27-41(45)42-28-21-37(33-46(42)51)19-25-40-26-24-39-34-44(48-14-8-10-31-54(48)3)43-12-11-30-53-49(43)50(39)55(40)4/h7-12,14-29,32-34,40,47,53H,5-6,13,30-31H2,1-4H3/b16-15+,25-19+. The van der Waals surface area contributed by atoms with Crippen LogP contribution in [0.2, 0.25) is 0 Å². The van der Waals surface area contributed by atoms with Crippen molar-refractivity contribution in [3.8, 4) is 11.1 Å². The number of dihydropyridines is 1. The molecule has 4 aromatic rings. The highest BCUT2D eigenvalue weighted by atomic mass is 15.2. The molecule has 1 N–H and O–H groups in total. The van der Waals surface area contributed by atoms with E-state index in [0.29, 0.717) is 0 Å². The number of hydrogen-bond donors (Lipinski definition) is 1. The summed E-state index contributed by atoms with van der Waals surface area (Å²) in [6.45, 7) is 6.47. The molecule has 0 amide bonds. The van der Waals surface area contributed by atoms with Gasteiger partial charge in [-0.15, -0.1) is 0 Å². The van der Waals surface area contributed by atoms with Crippen LogP contribution in [0, 0.1) is 0 Å². The predicted octanol–water partition coefficient (Wildman–Crippen LogP) is 11.8. The van der Waals surface area contributed by atoms with Gasteiger partial charge in [-0.3, -0.25) is 4.99 Å². The molecule has 0 fully saturated rings. The fourth-order valence-electron chi connectivity index (χ4n) is 9.38. The maximum absolute atomic E-state index is 4.63. The van der Waals surface area contributed by atoms with Crippen LogP contribution in [0.4, 0.5) is 11.4 Å². The molecule has 0 aromatic heterocycles. The monoisotopic (exact) mass is 718 g/mol. The molecule has 5 aliphatic rings. The van der Waals surface area contributed by atoms with Gasteiger partial charge in [0.2, 0.25) is 0 Å². The minimum Gasteiger partial charge on any atom is -0.379 e. The zero-order valence-corrected chi connectivity index (χ0v) is 32.5. The van der Waals surface area contributed by atoms with Crippen molar-refractivity contribution in [2.24, 2.45) is 4.99 Å². The Bertz CT molecular complexity index is 2390. The lowest BCUT2D eigenvalue weighted by Gasteiger charge is -2.36. The van der Waals surface area contributed by atoms with E-state index >= 15 is 0 Å². The maximum atomic E-state index is 4.63. The third kappa shape index (κ3) is 6.14. The van der Waals surface area contributed by atoms with E-state index in [1.807, 2.05) is 12.3 Å². The SMILES string of the molecule is CCC1(CC)c2cc(/C=C/c3ccc(C4CC=CC=N4)cc3)ccc2-c2ccc(/C=C/C3C=Cc4cc(C5=CC=CCN5C)c5c(c4N3C)NCC=C5)cc21. The van der Waals surface area contributed by atoms with Gasteiger partial charge in [-0.05, 0) is 82.0 Å². The molecule has 0 saturated carbocycles. The first-order valence-electron chi connectivity index (χ1n) is 20.0. The fraction of sp³-hybridized carbons (Fsp3) is 0.235. The van der Waals surface area contributed by atoms with Crippen LogP contribution in [0.5, 0.6) is 0 Å². The van der Waals surface area contributed by atoms with Crippen molar-refractivity contribution < 1.29 is 0 Å². The van der Waals surface area contributed by atoms with Gasteiger partial charge >= 0.3 is 0 Å². The van der Waals surface area contributed by atoms with Crippen molar-refractivity contribution >= 4 is 53.7 Å². The van der Waals surface area contributed by atoms with Crippen LogP contribution in [0.15, 0.2) is 120 Å². The summed E-state index contributed by atoms with van der Waals surface area (Å²) >= 11 is 0. The number of hydrogen-bond acceptors (Lipinski definition) is 4. The highest BCUT2D eigenvalue weighted by Crippen LogP contribution is 2.53. The second kappa shape index (κ2) is 14.4. The minimum absolute atomic E-state index is 0.0109. The van der Waals surface area contributed by atoms with Gasteiger partial charge in [-0.1, -0.05) is 141 Å². The molecule has 274 valence electrons. The Morgan fingerprint density at radius 1 is 0.782 bits per heavy atom. The summed E-state index contributed by atoms with van der Waals surface area (Å²) in [5, 5.41) is 3.74. The van der Waals surface area contributed by atoms with Crippen LogP contribution >= 0.6 is 0 Å². The maximum Gasteiger partial charge on any atom is 0.0783 e. The quantitative estimate of drug-likeness (QED) is 0.184. The van der Waals surface area contributed by atoms with Crippen molar-refractivity contribution in [3.05, 3.63) is 165 Å². The second-order valence-electron chi connectivity index (χ2n) is 15.5. The van der Waals surface area contributed by atoms with Crippen molar-refractivity contribution in [2.45, 2.75) is 50.6 Å². The van der Waals surface area contributed by atoms with Crippen LogP contribution in [-0.2, 0) is 5.41 Å². The van der Waals surface area contributed by atoms with E-state index in [4.69, 9.17) is 0 Å². The van der Waals surface area contributed by atoms with Crippen molar-refractivity contribution in [1.29, 1.82) is 0 Å². The highest BCUT2D eigenvalue weighted by Gasteiger charge is 2.40. The Labute approximate surface area is 327 Å². The van der Waals surface area contributed by atoms with Gasteiger partial charge in [0.25, 0.3) is 0 Å². The largest absolute Gasteiger partial charge is 0.379 e. The molecule has 0 bridgehead atoms. The molecule has 9 rings (SSSR count). The third-order valence-corrected chi connectivity index (χ3v) is 12.5. The third-order valence-electron chi connectivity index (χ3n) is 12.5. The van der Waals surface area contributed by atoms with Gasteiger partial charge in [0.1, 0.15) is 0 Å². The van der Waals surface area contributed by atoms with Crippen LogP contribution in [-0.4, -0.2) is 44.3 Å². The number of allylic oxidation sites excluding steroid dienone is 3. The molecule has 55 heavy (non-hydrogen) atoms. The average molecular weight is 719 g/mol. The summed E-state index contributed by atoms with van der Waals surface area (Å²) < 4.78 is 0. The summed E-state index contributed by atoms with van der Waals surface area (Å²) in [5.74, 6) is 0. The molecule has 4 aliphatic heterocycles. The first-order valence-corrected chi connectivity index (χ1v) is 20.0. The van der Waals surface area contributed by atoms with E-state index in [1.54, 1.807) is 0 Å². The second-order valence-corrected chi connectivity index (χ2v) is 15.5. The van der Waals surface area contributed by atoms with Crippen LogP contribution in [0.1, 0.15) is 89.2 Å².